The van der Waals surface area contributed by atoms with Crippen LogP contribution in [0.3, 0.4) is 0 Å². The predicted molar refractivity (Wildman–Crippen MR) is 95.4 cm³/mol. The first-order chi connectivity index (χ1) is 10.1. The second-order valence-corrected chi connectivity index (χ2v) is 6.59. The van der Waals surface area contributed by atoms with E-state index in [9.17, 15) is 4.79 Å². The van der Waals surface area contributed by atoms with Crippen molar-refractivity contribution < 1.29 is 4.79 Å². The van der Waals surface area contributed by atoms with Crippen molar-refractivity contribution in [1.82, 2.24) is 0 Å². The lowest BCUT2D eigenvalue weighted by molar-refractivity contribution is 0.102. The second-order valence-electron chi connectivity index (χ2n) is 4.94. The normalized spacial score (nSPS) is 13.2. The lowest BCUT2D eigenvalue weighted by atomic mass is 9.97. The first-order valence-corrected chi connectivity index (χ1v) is 8.23. The third-order valence-corrected chi connectivity index (χ3v) is 4.50. The summed E-state index contributed by atoms with van der Waals surface area (Å²) in [5.74, 6) is -0.112. The molecular weight excluding hydrogens is 399 g/mol. The van der Waals surface area contributed by atoms with Crippen molar-refractivity contribution in [3.63, 3.8) is 0 Å². The number of nitrogens with one attached hydrogen (secondary N) is 2. The molecular formula is C16H14ClIN2O. The van der Waals surface area contributed by atoms with E-state index in [1.165, 1.54) is 0 Å². The molecule has 2 aromatic rings. The van der Waals surface area contributed by atoms with E-state index in [1.54, 1.807) is 0 Å². The molecule has 0 radical (unpaired) electrons. The first-order valence-electron chi connectivity index (χ1n) is 6.77. The Morgan fingerprint density at radius 3 is 2.95 bits per heavy atom. The largest absolute Gasteiger partial charge is 0.385 e. The Labute approximate surface area is 142 Å². The molecule has 1 aliphatic rings. The molecule has 0 saturated carbocycles. The number of benzene rings is 2. The average molecular weight is 413 g/mol. The molecule has 0 bridgehead atoms. The standard InChI is InChI=1S/C16H14ClIN2O/c17-13-9-10(18)6-7-15(13)20-16(21)12-3-1-5-14-11(12)4-2-8-19-14/h1,3,5-7,9,19H,2,4,8H2,(H,20,21). The number of amides is 1. The number of halogens is 2. The summed E-state index contributed by atoms with van der Waals surface area (Å²) in [6, 6.07) is 11.4. The van der Waals surface area contributed by atoms with Crippen LogP contribution >= 0.6 is 34.2 Å². The minimum atomic E-state index is -0.112. The van der Waals surface area contributed by atoms with E-state index in [0.29, 0.717) is 16.3 Å². The minimum Gasteiger partial charge on any atom is -0.385 e. The Morgan fingerprint density at radius 2 is 2.14 bits per heavy atom. The van der Waals surface area contributed by atoms with Gasteiger partial charge in [-0.2, -0.15) is 0 Å². The monoisotopic (exact) mass is 412 g/mol. The summed E-state index contributed by atoms with van der Waals surface area (Å²) in [5, 5.41) is 6.79. The third-order valence-electron chi connectivity index (χ3n) is 3.52. The van der Waals surface area contributed by atoms with Crippen molar-refractivity contribution in [2.75, 3.05) is 17.2 Å². The van der Waals surface area contributed by atoms with Crippen LogP contribution in [0.4, 0.5) is 11.4 Å². The second kappa shape index (κ2) is 6.23. The highest BCUT2D eigenvalue weighted by molar-refractivity contribution is 14.1. The van der Waals surface area contributed by atoms with Crippen LogP contribution in [0.5, 0.6) is 0 Å². The summed E-state index contributed by atoms with van der Waals surface area (Å²) in [5.41, 5.74) is 3.50. The topological polar surface area (TPSA) is 41.1 Å². The number of fused-ring (bicyclic) bond motifs is 1. The van der Waals surface area contributed by atoms with Gasteiger partial charge in [-0.15, -0.1) is 0 Å². The van der Waals surface area contributed by atoms with E-state index < -0.39 is 0 Å². The van der Waals surface area contributed by atoms with Crippen LogP contribution in [-0.4, -0.2) is 12.5 Å². The Morgan fingerprint density at radius 1 is 1.29 bits per heavy atom. The molecule has 0 aliphatic carbocycles. The van der Waals surface area contributed by atoms with Crippen LogP contribution in [0.1, 0.15) is 22.3 Å². The smallest absolute Gasteiger partial charge is 0.256 e. The van der Waals surface area contributed by atoms with Crippen LogP contribution < -0.4 is 10.6 Å². The number of anilines is 2. The molecule has 5 heteroatoms. The van der Waals surface area contributed by atoms with Gasteiger partial charge < -0.3 is 10.6 Å². The molecule has 0 aromatic heterocycles. The van der Waals surface area contributed by atoms with E-state index in [1.807, 2.05) is 36.4 Å². The molecule has 3 nitrogen and oxygen atoms in total. The number of carbonyl (C=O) groups excluding carboxylic acids is 1. The van der Waals surface area contributed by atoms with Crippen molar-refractivity contribution >= 4 is 51.5 Å². The van der Waals surface area contributed by atoms with Crippen LogP contribution in [0, 0.1) is 3.57 Å². The van der Waals surface area contributed by atoms with Crippen LogP contribution in [0.2, 0.25) is 5.02 Å². The molecule has 1 aliphatic heterocycles. The maximum absolute atomic E-state index is 12.5. The van der Waals surface area contributed by atoms with Gasteiger partial charge in [-0.1, -0.05) is 17.7 Å². The maximum atomic E-state index is 12.5. The van der Waals surface area contributed by atoms with Gasteiger partial charge in [-0.25, -0.2) is 0 Å². The van der Waals surface area contributed by atoms with Gasteiger partial charge in [0.25, 0.3) is 5.91 Å². The highest BCUT2D eigenvalue weighted by atomic mass is 127. The number of carbonyl (C=O) groups is 1. The van der Waals surface area contributed by atoms with Crippen LogP contribution in [0.25, 0.3) is 0 Å². The summed E-state index contributed by atoms with van der Waals surface area (Å²) < 4.78 is 1.04. The molecule has 2 aromatic carbocycles. The van der Waals surface area contributed by atoms with Gasteiger partial charge in [-0.05, 0) is 71.3 Å². The Balaban J connectivity index is 1.89. The molecule has 1 amide bonds. The van der Waals surface area contributed by atoms with Crippen molar-refractivity contribution in [1.29, 1.82) is 0 Å². The minimum absolute atomic E-state index is 0.112. The van der Waals surface area contributed by atoms with Crippen molar-refractivity contribution in [2.45, 2.75) is 12.8 Å². The summed E-state index contributed by atoms with van der Waals surface area (Å²) in [6.45, 7) is 0.959. The highest BCUT2D eigenvalue weighted by Gasteiger charge is 2.18. The van der Waals surface area contributed by atoms with Gasteiger partial charge >= 0.3 is 0 Å². The number of hydrogen-bond acceptors (Lipinski definition) is 2. The fourth-order valence-electron chi connectivity index (χ4n) is 2.50. The van der Waals surface area contributed by atoms with Gasteiger partial charge in [0.2, 0.25) is 0 Å². The van der Waals surface area contributed by atoms with E-state index in [2.05, 4.69) is 33.2 Å². The summed E-state index contributed by atoms with van der Waals surface area (Å²) in [4.78, 5) is 12.5. The third kappa shape index (κ3) is 3.16. The lowest BCUT2D eigenvalue weighted by Gasteiger charge is -2.20. The Kier molecular flexibility index (Phi) is 4.35. The van der Waals surface area contributed by atoms with Gasteiger partial charge in [-0.3, -0.25) is 4.79 Å². The molecule has 0 spiro atoms. The van der Waals surface area contributed by atoms with Crippen molar-refractivity contribution in [3.8, 4) is 0 Å². The molecule has 0 fully saturated rings. The fourth-order valence-corrected chi connectivity index (χ4v) is 3.41. The molecule has 3 rings (SSSR count). The lowest BCUT2D eigenvalue weighted by Crippen LogP contribution is -2.19. The van der Waals surface area contributed by atoms with Gasteiger partial charge in [0.15, 0.2) is 0 Å². The van der Waals surface area contributed by atoms with Gasteiger partial charge in [0.1, 0.15) is 0 Å². The highest BCUT2D eigenvalue weighted by Crippen LogP contribution is 2.28. The molecule has 0 unspecified atom stereocenters. The summed E-state index contributed by atoms with van der Waals surface area (Å²) >= 11 is 8.36. The Hall–Kier alpha value is -1.27. The van der Waals surface area contributed by atoms with Crippen molar-refractivity contribution in [2.24, 2.45) is 0 Å². The molecule has 2 N–H and O–H groups in total. The molecule has 0 atom stereocenters. The molecule has 108 valence electrons. The Bertz CT molecular complexity index is 703. The van der Waals surface area contributed by atoms with E-state index in [0.717, 1.165) is 34.2 Å². The maximum Gasteiger partial charge on any atom is 0.256 e. The zero-order chi connectivity index (χ0) is 14.8. The van der Waals surface area contributed by atoms with E-state index >= 15 is 0 Å². The molecule has 1 heterocycles. The molecule has 21 heavy (non-hydrogen) atoms. The van der Waals surface area contributed by atoms with E-state index in [4.69, 9.17) is 11.6 Å². The van der Waals surface area contributed by atoms with Gasteiger partial charge in [0, 0.05) is 21.4 Å². The zero-order valence-corrected chi connectivity index (χ0v) is 14.2. The van der Waals surface area contributed by atoms with E-state index in [-0.39, 0.29) is 5.91 Å². The fraction of sp³-hybridized carbons (Fsp3) is 0.188. The first kappa shape index (κ1) is 14.7. The van der Waals surface area contributed by atoms with Gasteiger partial charge in [0.05, 0.1) is 10.7 Å². The predicted octanol–water partition coefficient (Wildman–Crippen LogP) is 4.56. The summed E-state index contributed by atoms with van der Waals surface area (Å²) in [6.07, 6.45) is 1.97. The SMILES string of the molecule is O=C(Nc1ccc(I)cc1Cl)c1cccc2c1CCCN2. The number of rotatable bonds is 2. The average Bonchev–Trinajstić information content (AvgIpc) is 2.49. The van der Waals surface area contributed by atoms with Crippen LogP contribution in [0.15, 0.2) is 36.4 Å². The molecule has 0 saturated heterocycles. The number of hydrogen-bond donors (Lipinski definition) is 2. The van der Waals surface area contributed by atoms with Crippen LogP contribution in [-0.2, 0) is 6.42 Å². The summed E-state index contributed by atoms with van der Waals surface area (Å²) in [7, 11) is 0. The zero-order valence-electron chi connectivity index (χ0n) is 11.2. The van der Waals surface area contributed by atoms with Crippen molar-refractivity contribution in [3.05, 3.63) is 56.1 Å². The quantitative estimate of drug-likeness (QED) is 0.710.